The lowest BCUT2D eigenvalue weighted by Gasteiger charge is -2.38. The summed E-state index contributed by atoms with van der Waals surface area (Å²) < 4.78 is 76.0. The van der Waals surface area contributed by atoms with Gasteiger partial charge in [-0.3, -0.25) is 0 Å². The molecule has 67 heavy (non-hydrogen) atoms. The minimum absolute atomic E-state index is 0.00694. The van der Waals surface area contributed by atoms with Crippen LogP contribution in [0.15, 0.2) is 114 Å². The van der Waals surface area contributed by atoms with E-state index in [1.165, 1.54) is 0 Å². The molecule has 6 rings (SSSR count). The standard InChI is InChI=1S/C26H35F2NO3Si.C22H29BrO3Si.C4H7F2N/c1-25(2,3)33(4,5)32-23(24(30)31-18-21-9-7-6-8-10-21)17-20-11-13-22(14-12-20)29-16-15-26(27,28)19-29;1-22(2,3)27(4,5)26-20(15-17-11-13-19(23)14-12-17)21(24)25-16-18-9-7-6-8-10-18;5-4(6)1-2-7-3-4/h6-14,23H,15-19H2,1-5H3;6-14,20H,15-16H2,1-5H3;7H,1-3H2/t23-;20-;/m11./s1. The van der Waals surface area contributed by atoms with Gasteiger partial charge in [-0.05, 0) is 82.8 Å². The van der Waals surface area contributed by atoms with Crippen LogP contribution in [0.1, 0.15) is 76.6 Å². The number of carbonyl (C=O) groups excluding carboxylic acids is 2. The summed E-state index contributed by atoms with van der Waals surface area (Å²) in [6.07, 6.45) is -0.561. The number of alkyl halides is 4. The number of hydrogen-bond acceptors (Lipinski definition) is 8. The fourth-order valence-electron chi connectivity index (χ4n) is 6.53. The van der Waals surface area contributed by atoms with Crippen molar-refractivity contribution in [3.63, 3.8) is 0 Å². The SMILES string of the molecule is CC(C)(C)[Si](C)(C)O[C@H](Cc1ccc(Br)cc1)C(=O)OCc1ccccc1.CC(C)(C)[Si](C)(C)O[C@H](Cc1ccc(N2CCC(F)(F)C2)cc1)C(=O)OCc1ccccc1.FC1(F)CCNC1. The summed E-state index contributed by atoms with van der Waals surface area (Å²) in [5, 5.41) is 2.52. The van der Waals surface area contributed by atoms with Crippen LogP contribution in [0.3, 0.4) is 0 Å². The number of nitrogens with zero attached hydrogens (tertiary/aromatic N) is 1. The third-order valence-corrected chi connectivity index (χ3v) is 22.2. The van der Waals surface area contributed by atoms with Crippen LogP contribution >= 0.6 is 15.9 Å². The Morgan fingerprint density at radius 1 is 0.627 bits per heavy atom. The number of anilines is 1. The fourth-order valence-corrected chi connectivity index (χ4v) is 9.29. The van der Waals surface area contributed by atoms with Gasteiger partial charge in [0.05, 0.1) is 13.1 Å². The number of carbonyl (C=O) groups is 2. The van der Waals surface area contributed by atoms with E-state index in [1.54, 1.807) is 4.90 Å². The smallest absolute Gasteiger partial charge is 0.334 e. The molecule has 2 atom stereocenters. The first-order valence-electron chi connectivity index (χ1n) is 23.0. The molecule has 0 aromatic heterocycles. The molecule has 0 aliphatic carbocycles. The highest BCUT2D eigenvalue weighted by atomic mass is 79.9. The molecule has 8 nitrogen and oxygen atoms in total. The molecule has 0 unspecified atom stereocenters. The molecule has 368 valence electrons. The van der Waals surface area contributed by atoms with E-state index < -0.39 is 40.7 Å². The molecule has 4 aromatic rings. The van der Waals surface area contributed by atoms with Gasteiger partial charge >= 0.3 is 11.9 Å². The summed E-state index contributed by atoms with van der Waals surface area (Å²) in [6, 6.07) is 34.7. The highest BCUT2D eigenvalue weighted by molar-refractivity contribution is 9.10. The van der Waals surface area contributed by atoms with E-state index in [4.69, 9.17) is 18.3 Å². The minimum Gasteiger partial charge on any atom is -0.459 e. The van der Waals surface area contributed by atoms with Gasteiger partial charge in [-0.25, -0.2) is 27.2 Å². The minimum atomic E-state index is -2.64. The molecule has 2 saturated heterocycles. The van der Waals surface area contributed by atoms with Crippen molar-refractivity contribution in [1.82, 2.24) is 5.32 Å². The summed E-state index contributed by atoms with van der Waals surface area (Å²) in [4.78, 5) is 27.6. The molecule has 15 heteroatoms. The Morgan fingerprint density at radius 2 is 1.04 bits per heavy atom. The summed E-state index contributed by atoms with van der Waals surface area (Å²) >= 11 is 3.45. The molecule has 2 fully saturated rings. The van der Waals surface area contributed by atoms with Gasteiger partial charge in [-0.2, -0.15) is 0 Å². The maximum atomic E-state index is 13.6. The zero-order valence-electron chi connectivity index (χ0n) is 40.9. The van der Waals surface area contributed by atoms with E-state index in [-0.39, 0.29) is 61.2 Å². The molecule has 0 spiro atoms. The van der Waals surface area contributed by atoms with Gasteiger partial charge in [-0.1, -0.05) is 142 Å². The Morgan fingerprint density at radius 3 is 1.37 bits per heavy atom. The Labute approximate surface area is 406 Å². The van der Waals surface area contributed by atoms with Crippen LogP contribution in [-0.2, 0) is 54.0 Å². The average Bonchev–Trinajstić information content (AvgIpc) is 3.85. The number of ether oxygens (including phenoxy) is 2. The van der Waals surface area contributed by atoms with Crippen molar-refractivity contribution in [2.45, 2.75) is 141 Å². The first-order valence-corrected chi connectivity index (χ1v) is 29.6. The van der Waals surface area contributed by atoms with E-state index >= 15 is 0 Å². The number of rotatable bonds is 15. The molecule has 1 N–H and O–H groups in total. The lowest BCUT2D eigenvalue weighted by molar-refractivity contribution is -0.154. The Balaban J connectivity index is 0.000000258. The summed E-state index contributed by atoms with van der Waals surface area (Å²) in [6.45, 7) is 22.3. The van der Waals surface area contributed by atoms with E-state index in [1.807, 2.05) is 109 Å². The van der Waals surface area contributed by atoms with Crippen molar-refractivity contribution in [1.29, 1.82) is 0 Å². The molecular weight excluding hydrogens is 961 g/mol. The lowest BCUT2D eigenvalue weighted by Crippen LogP contribution is -2.47. The molecule has 0 bridgehead atoms. The van der Waals surface area contributed by atoms with Crippen LogP contribution in [0.2, 0.25) is 36.3 Å². The predicted octanol–water partition coefficient (Wildman–Crippen LogP) is 12.9. The monoisotopic (exact) mass is 1030 g/mol. The van der Waals surface area contributed by atoms with Gasteiger partial charge in [0.1, 0.15) is 25.4 Å². The van der Waals surface area contributed by atoms with Crippen LogP contribution in [0.25, 0.3) is 0 Å². The van der Waals surface area contributed by atoms with Gasteiger partial charge < -0.3 is 28.5 Å². The maximum Gasteiger partial charge on any atom is 0.334 e. The first-order chi connectivity index (χ1) is 31.2. The maximum absolute atomic E-state index is 13.6. The summed E-state index contributed by atoms with van der Waals surface area (Å²) in [5.74, 6) is -5.73. The Hall–Kier alpha value is -3.87. The van der Waals surface area contributed by atoms with Crippen LogP contribution in [-0.4, -0.2) is 78.8 Å². The molecule has 2 heterocycles. The topological polar surface area (TPSA) is 86.3 Å². The molecule has 2 aliphatic heterocycles. The predicted molar refractivity (Wildman–Crippen MR) is 269 cm³/mol. The molecule has 0 amide bonds. The van der Waals surface area contributed by atoms with Gasteiger partial charge in [-0.15, -0.1) is 0 Å². The fraction of sp³-hybridized carbons (Fsp3) is 0.500. The molecule has 0 radical (unpaired) electrons. The zero-order chi connectivity index (χ0) is 49.7. The van der Waals surface area contributed by atoms with Crippen LogP contribution in [0.5, 0.6) is 0 Å². The molecular formula is C52H71BrF4N2O6Si2. The number of benzene rings is 4. The normalized spacial score (nSPS) is 16.7. The van der Waals surface area contributed by atoms with E-state index in [0.29, 0.717) is 25.9 Å². The van der Waals surface area contributed by atoms with Gasteiger partial charge in [0.25, 0.3) is 11.8 Å². The molecule has 4 aromatic carbocycles. The lowest BCUT2D eigenvalue weighted by atomic mass is 10.1. The van der Waals surface area contributed by atoms with Crippen molar-refractivity contribution in [3.05, 3.63) is 136 Å². The van der Waals surface area contributed by atoms with Crippen molar-refractivity contribution in [3.8, 4) is 0 Å². The first kappa shape index (κ1) is 55.7. The number of halogens is 5. The Kier molecular flexibility index (Phi) is 20.1. The number of nitrogens with one attached hydrogen (secondary N) is 1. The number of hydrogen-bond donors (Lipinski definition) is 1. The van der Waals surface area contributed by atoms with Crippen molar-refractivity contribution < 1.29 is 45.5 Å². The second-order valence-electron chi connectivity index (χ2n) is 20.4. The zero-order valence-corrected chi connectivity index (χ0v) is 44.5. The van der Waals surface area contributed by atoms with Crippen LogP contribution in [0.4, 0.5) is 23.2 Å². The molecule has 0 saturated carbocycles. The third kappa shape index (κ3) is 18.5. The van der Waals surface area contributed by atoms with Crippen molar-refractivity contribution in [2.75, 3.05) is 31.1 Å². The molecule has 2 aliphatic rings. The highest BCUT2D eigenvalue weighted by Gasteiger charge is 2.43. The second-order valence-corrected chi connectivity index (χ2v) is 30.9. The van der Waals surface area contributed by atoms with Crippen LogP contribution < -0.4 is 10.2 Å². The van der Waals surface area contributed by atoms with E-state index in [9.17, 15) is 27.2 Å². The quantitative estimate of drug-likeness (QED) is 0.0716. The second kappa shape index (κ2) is 24.1. The van der Waals surface area contributed by atoms with E-state index in [0.717, 1.165) is 32.4 Å². The Bertz CT molecular complexity index is 2130. The van der Waals surface area contributed by atoms with Crippen molar-refractivity contribution >= 4 is 50.2 Å². The highest BCUT2D eigenvalue weighted by Crippen LogP contribution is 2.39. The van der Waals surface area contributed by atoms with Crippen molar-refractivity contribution in [2.24, 2.45) is 0 Å². The van der Waals surface area contributed by atoms with E-state index in [2.05, 4.69) is 89.0 Å². The number of esters is 2. The van der Waals surface area contributed by atoms with Gasteiger partial charge in [0.2, 0.25) is 0 Å². The van der Waals surface area contributed by atoms with Gasteiger partial charge in [0, 0.05) is 48.9 Å². The summed E-state index contributed by atoms with van der Waals surface area (Å²) in [7, 11) is -4.35. The summed E-state index contributed by atoms with van der Waals surface area (Å²) in [5.41, 5.74) is 4.62. The van der Waals surface area contributed by atoms with Crippen LogP contribution in [0, 0.1) is 0 Å². The third-order valence-electron chi connectivity index (χ3n) is 12.7. The largest absolute Gasteiger partial charge is 0.459 e. The van der Waals surface area contributed by atoms with Gasteiger partial charge in [0.15, 0.2) is 16.6 Å². The average molecular weight is 1030 g/mol.